The molecule has 7 nitrogen and oxygen atoms in total. The molecule has 8 heteroatoms. The number of carbonyl (C=O) groups excluding carboxylic acids is 1. The van der Waals surface area contributed by atoms with Crippen LogP contribution in [0.4, 0.5) is 10.2 Å². The Hall–Kier alpha value is -3.86. The lowest BCUT2D eigenvalue weighted by atomic mass is 9.95. The monoisotopic (exact) mass is 414 g/mol. The van der Waals surface area contributed by atoms with Crippen LogP contribution < -0.4 is 5.32 Å². The number of fused-ring (bicyclic) bond motifs is 2. The minimum absolute atomic E-state index is 0.0113. The third kappa shape index (κ3) is 3.38. The maximum atomic E-state index is 14.7. The zero-order chi connectivity index (χ0) is 21.4. The van der Waals surface area contributed by atoms with E-state index >= 15 is 0 Å². The van der Waals surface area contributed by atoms with Gasteiger partial charge in [0.25, 0.3) is 5.91 Å². The van der Waals surface area contributed by atoms with Crippen molar-refractivity contribution >= 4 is 11.7 Å². The van der Waals surface area contributed by atoms with E-state index in [1.54, 1.807) is 30.3 Å². The molecule has 1 N–H and O–H groups in total. The molecule has 2 saturated heterocycles. The van der Waals surface area contributed by atoms with Crippen molar-refractivity contribution in [2.24, 2.45) is 0 Å². The van der Waals surface area contributed by atoms with E-state index in [2.05, 4.69) is 26.3 Å². The second-order valence-corrected chi connectivity index (χ2v) is 7.78. The number of nitrogens with one attached hydrogen (secondary N) is 1. The molecule has 4 heterocycles. The van der Waals surface area contributed by atoms with Crippen molar-refractivity contribution in [1.82, 2.24) is 19.9 Å². The Morgan fingerprint density at radius 1 is 1.13 bits per heavy atom. The molecule has 2 fully saturated rings. The molecular weight excluding hydrogens is 395 g/mol. The van der Waals surface area contributed by atoms with E-state index in [0.29, 0.717) is 11.4 Å². The highest BCUT2D eigenvalue weighted by Gasteiger charge is 2.49. The van der Waals surface area contributed by atoms with E-state index in [-0.39, 0.29) is 41.0 Å². The maximum Gasteiger partial charge on any atom is 0.255 e. The van der Waals surface area contributed by atoms with Gasteiger partial charge in [-0.15, -0.1) is 0 Å². The van der Waals surface area contributed by atoms with Gasteiger partial charge < -0.3 is 10.2 Å². The molecule has 5 rings (SSSR count). The predicted octanol–water partition coefficient (Wildman–Crippen LogP) is 3.41. The fourth-order valence-electron chi connectivity index (χ4n) is 4.69. The smallest absolute Gasteiger partial charge is 0.255 e. The van der Waals surface area contributed by atoms with E-state index < -0.39 is 5.82 Å². The van der Waals surface area contributed by atoms with Crippen LogP contribution in [-0.4, -0.2) is 43.9 Å². The minimum Gasteiger partial charge on any atom is -0.365 e. The summed E-state index contributed by atoms with van der Waals surface area (Å²) in [4.78, 5) is 28.0. The van der Waals surface area contributed by atoms with E-state index in [4.69, 9.17) is 5.26 Å². The molecule has 1 amide bonds. The first-order chi connectivity index (χ1) is 15.2. The first-order valence-corrected chi connectivity index (χ1v) is 10.2. The largest absolute Gasteiger partial charge is 0.365 e. The SMILES string of the molecule is N#Cc1ccc(N[C@@H]2C[C@H]3CC[C@@H]2N3C(=O)c2cccc(F)c2-c2ncccn2)nc1. The van der Waals surface area contributed by atoms with Crippen molar-refractivity contribution in [2.45, 2.75) is 37.4 Å². The number of hydrogen-bond acceptors (Lipinski definition) is 6. The molecule has 0 saturated carbocycles. The average Bonchev–Trinajstić information content (AvgIpc) is 3.37. The normalized spacial score (nSPS) is 21.7. The van der Waals surface area contributed by atoms with Crippen LogP contribution in [0.25, 0.3) is 11.4 Å². The van der Waals surface area contributed by atoms with Crippen LogP contribution in [0.15, 0.2) is 55.0 Å². The van der Waals surface area contributed by atoms with Crippen molar-refractivity contribution in [3.8, 4) is 17.5 Å². The third-order valence-corrected chi connectivity index (χ3v) is 6.03. The highest BCUT2D eigenvalue weighted by Crippen LogP contribution is 2.41. The number of amides is 1. The Bertz CT molecular complexity index is 1160. The summed E-state index contributed by atoms with van der Waals surface area (Å²) in [5, 5.41) is 12.3. The van der Waals surface area contributed by atoms with Crippen molar-refractivity contribution in [1.29, 1.82) is 5.26 Å². The zero-order valence-corrected chi connectivity index (χ0v) is 16.6. The zero-order valence-electron chi connectivity index (χ0n) is 16.6. The number of hydrogen-bond donors (Lipinski definition) is 1. The molecule has 2 aliphatic heterocycles. The molecule has 0 radical (unpaired) electrons. The van der Waals surface area contributed by atoms with Crippen LogP contribution >= 0.6 is 0 Å². The summed E-state index contributed by atoms with van der Waals surface area (Å²) in [5.74, 6) is 0.159. The van der Waals surface area contributed by atoms with Crippen molar-refractivity contribution in [2.75, 3.05) is 5.32 Å². The van der Waals surface area contributed by atoms with Gasteiger partial charge in [-0.2, -0.15) is 5.26 Å². The minimum atomic E-state index is -0.514. The molecule has 2 aromatic heterocycles. The molecule has 154 valence electrons. The van der Waals surface area contributed by atoms with Crippen molar-refractivity contribution in [3.05, 3.63) is 71.9 Å². The number of nitriles is 1. The highest BCUT2D eigenvalue weighted by molar-refractivity contribution is 6.01. The third-order valence-electron chi connectivity index (χ3n) is 6.03. The predicted molar refractivity (Wildman–Crippen MR) is 111 cm³/mol. The number of pyridine rings is 1. The van der Waals surface area contributed by atoms with Crippen LogP contribution in [0.1, 0.15) is 35.2 Å². The first kappa shape index (κ1) is 19.1. The second kappa shape index (κ2) is 7.76. The van der Waals surface area contributed by atoms with Gasteiger partial charge in [0.05, 0.1) is 22.7 Å². The van der Waals surface area contributed by atoms with Crippen LogP contribution in [0, 0.1) is 17.1 Å². The Balaban J connectivity index is 1.42. The van der Waals surface area contributed by atoms with E-state index in [0.717, 1.165) is 19.3 Å². The van der Waals surface area contributed by atoms with Gasteiger partial charge in [0.15, 0.2) is 5.82 Å². The van der Waals surface area contributed by atoms with Gasteiger partial charge in [0.1, 0.15) is 17.7 Å². The number of rotatable bonds is 4. The standard InChI is InChI=1S/C23H19FN6O/c24-17-4-1-3-16(21(17)22-26-9-2-10-27-22)23(31)30-15-6-7-19(30)18(11-15)29-20-8-5-14(12-25)13-28-20/h1-5,8-10,13,15,18-19H,6-7,11H2,(H,28,29)/t15-,18-,19+/m1/s1. The van der Waals surface area contributed by atoms with Gasteiger partial charge in [0, 0.05) is 30.7 Å². The average molecular weight is 414 g/mol. The topological polar surface area (TPSA) is 94.8 Å². The Morgan fingerprint density at radius 3 is 2.71 bits per heavy atom. The van der Waals surface area contributed by atoms with E-state index in [1.807, 2.05) is 4.90 Å². The van der Waals surface area contributed by atoms with Crippen LogP contribution in [0.5, 0.6) is 0 Å². The number of carbonyl (C=O) groups is 1. The summed E-state index contributed by atoms with van der Waals surface area (Å²) in [7, 11) is 0. The van der Waals surface area contributed by atoms with Crippen molar-refractivity contribution < 1.29 is 9.18 Å². The van der Waals surface area contributed by atoms with Gasteiger partial charge >= 0.3 is 0 Å². The van der Waals surface area contributed by atoms with Gasteiger partial charge in [0.2, 0.25) is 0 Å². The van der Waals surface area contributed by atoms with Crippen LogP contribution in [-0.2, 0) is 0 Å². The fraction of sp³-hybridized carbons (Fsp3) is 0.261. The molecule has 2 aliphatic rings. The molecule has 3 atom stereocenters. The summed E-state index contributed by atoms with van der Waals surface area (Å²) in [6.07, 6.45) is 7.18. The van der Waals surface area contributed by atoms with Gasteiger partial charge in [-0.3, -0.25) is 4.79 Å². The summed E-state index contributed by atoms with van der Waals surface area (Å²) >= 11 is 0. The molecule has 2 bridgehead atoms. The summed E-state index contributed by atoms with van der Waals surface area (Å²) in [6, 6.07) is 11.8. The number of halogens is 1. The van der Waals surface area contributed by atoms with Crippen molar-refractivity contribution in [3.63, 3.8) is 0 Å². The van der Waals surface area contributed by atoms with Gasteiger partial charge in [-0.05, 0) is 49.6 Å². The molecule has 3 aromatic rings. The molecule has 1 aromatic carbocycles. The number of nitrogens with zero attached hydrogens (tertiary/aromatic N) is 5. The number of anilines is 1. The molecule has 0 unspecified atom stereocenters. The lowest BCUT2D eigenvalue weighted by Crippen LogP contribution is -2.40. The van der Waals surface area contributed by atoms with Crippen LogP contribution in [0.2, 0.25) is 0 Å². The van der Waals surface area contributed by atoms with Gasteiger partial charge in [-0.1, -0.05) is 6.07 Å². The highest BCUT2D eigenvalue weighted by atomic mass is 19.1. The lowest BCUT2D eigenvalue weighted by molar-refractivity contribution is 0.0728. The maximum absolute atomic E-state index is 14.7. The quantitative estimate of drug-likeness (QED) is 0.703. The van der Waals surface area contributed by atoms with Crippen LogP contribution in [0.3, 0.4) is 0 Å². The van der Waals surface area contributed by atoms with Gasteiger partial charge in [-0.25, -0.2) is 19.3 Å². The Morgan fingerprint density at radius 2 is 1.97 bits per heavy atom. The Kier molecular flexibility index (Phi) is 4.79. The summed E-state index contributed by atoms with van der Waals surface area (Å²) < 4.78 is 14.7. The number of aromatic nitrogens is 3. The van der Waals surface area contributed by atoms with E-state index in [1.165, 1.54) is 24.7 Å². The number of benzene rings is 1. The van der Waals surface area contributed by atoms with E-state index in [9.17, 15) is 9.18 Å². The first-order valence-electron chi connectivity index (χ1n) is 10.2. The fourth-order valence-corrected chi connectivity index (χ4v) is 4.69. The lowest BCUT2D eigenvalue weighted by Gasteiger charge is -2.26. The molecular formula is C23H19FN6O. The Labute approximate surface area is 178 Å². The molecule has 0 spiro atoms. The molecule has 0 aliphatic carbocycles. The summed E-state index contributed by atoms with van der Waals surface area (Å²) in [5.41, 5.74) is 0.912. The second-order valence-electron chi connectivity index (χ2n) is 7.78. The molecule has 31 heavy (non-hydrogen) atoms. The summed E-state index contributed by atoms with van der Waals surface area (Å²) in [6.45, 7) is 0.